The lowest BCUT2D eigenvalue weighted by atomic mass is 9.44. The van der Waals surface area contributed by atoms with Crippen molar-refractivity contribution < 1.29 is 81.6 Å². The van der Waals surface area contributed by atoms with Crippen LogP contribution in [0.3, 0.4) is 0 Å². The van der Waals surface area contributed by atoms with Gasteiger partial charge in [0.25, 0.3) is 0 Å². The Balaban J connectivity index is 1.32. The van der Waals surface area contributed by atoms with Gasteiger partial charge in [-0.25, -0.2) is 19.2 Å². The lowest BCUT2D eigenvalue weighted by Crippen LogP contribution is -2.82. The highest BCUT2D eigenvalue weighted by Crippen LogP contribution is 2.64. The third kappa shape index (κ3) is 10.2. The maximum absolute atomic E-state index is 16.0. The van der Waals surface area contributed by atoms with Crippen molar-refractivity contribution in [2.75, 3.05) is 20.3 Å². The van der Waals surface area contributed by atoms with E-state index >= 15 is 9.59 Å². The van der Waals surface area contributed by atoms with Gasteiger partial charge in [0.15, 0.2) is 29.8 Å². The molecule has 2 saturated heterocycles. The largest absolute Gasteiger partial charge is 0.509 e. The zero-order valence-corrected chi connectivity index (χ0v) is 45.0. The zero-order chi connectivity index (χ0) is 54.8. The predicted octanol–water partition coefficient (Wildman–Crippen LogP) is 8.25. The molecule has 3 aliphatic carbocycles. The molecule has 8 rings (SSSR count). The van der Waals surface area contributed by atoms with Crippen LogP contribution >= 0.6 is 34.8 Å². The summed E-state index contributed by atoms with van der Waals surface area (Å²) in [5.41, 5.74) is -8.55. The van der Waals surface area contributed by atoms with Gasteiger partial charge in [-0.3, -0.25) is 14.5 Å². The summed E-state index contributed by atoms with van der Waals surface area (Å²) in [6.07, 6.45) is -14.5. The topological polar surface area (TPSA) is 229 Å². The van der Waals surface area contributed by atoms with Gasteiger partial charge in [-0.1, -0.05) is 109 Å². The summed E-state index contributed by atoms with van der Waals surface area (Å²) >= 11 is 17.8. The molecule has 21 heteroatoms. The highest BCUT2D eigenvalue weighted by atomic mass is 35.6. The van der Waals surface area contributed by atoms with Crippen LogP contribution in [-0.4, -0.2) is 129 Å². The molecule has 18 nitrogen and oxygen atoms in total. The summed E-state index contributed by atoms with van der Waals surface area (Å²) < 4.78 is 52.1. The molecule has 0 spiro atoms. The van der Waals surface area contributed by atoms with Crippen LogP contribution in [0.1, 0.15) is 102 Å². The van der Waals surface area contributed by atoms with Gasteiger partial charge >= 0.3 is 30.2 Å². The van der Waals surface area contributed by atoms with Crippen LogP contribution in [0.4, 0.5) is 9.59 Å². The van der Waals surface area contributed by atoms with Crippen LogP contribution in [0.2, 0.25) is 0 Å². The summed E-state index contributed by atoms with van der Waals surface area (Å²) in [6, 6.07) is 21.8. The molecule has 2 heterocycles. The molecule has 0 radical (unpaired) electrons. The lowest BCUT2D eigenvalue weighted by Gasteiger charge is -2.67. The van der Waals surface area contributed by atoms with E-state index in [0.717, 1.165) is 6.92 Å². The van der Waals surface area contributed by atoms with Crippen LogP contribution in [0.5, 0.6) is 5.75 Å². The van der Waals surface area contributed by atoms with Crippen LogP contribution in [-0.2, 0) is 52.3 Å². The number of carbonyl (C=O) groups is 6. The van der Waals surface area contributed by atoms with Crippen molar-refractivity contribution in [1.29, 1.82) is 0 Å². The molecule has 3 aromatic rings. The quantitative estimate of drug-likeness (QED) is 0.0842. The minimum Gasteiger partial charge on any atom is -0.497 e. The molecular formula is C54H60Cl3NO17. The van der Waals surface area contributed by atoms with Gasteiger partial charge < -0.3 is 52.8 Å². The molecule has 2 bridgehead atoms. The van der Waals surface area contributed by atoms with Crippen LogP contribution in [0.25, 0.3) is 0 Å². The molecule has 1 unspecified atom stereocenters. The molecule has 5 aliphatic rings. The van der Waals surface area contributed by atoms with Crippen LogP contribution in [0, 0.1) is 16.7 Å². The molecule has 404 valence electrons. The number of aliphatic hydroxyl groups is 2. The number of benzene rings is 3. The third-order valence-corrected chi connectivity index (χ3v) is 15.5. The molecule has 12 atom stereocenters. The second-order valence-electron chi connectivity index (χ2n) is 21.3. The summed E-state index contributed by atoms with van der Waals surface area (Å²) in [7, 11) is 1.50. The number of aliphatic hydroxyl groups excluding tert-OH is 1. The van der Waals surface area contributed by atoms with Gasteiger partial charge in [-0.15, -0.1) is 0 Å². The molecule has 4 fully saturated rings. The molecular weight excluding hydrogens is 1040 g/mol. The van der Waals surface area contributed by atoms with Crippen molar-refractivity contribution in [1.82, 2.24) is 4.90 Å². The van der Waals surface area contributed by atoms with Gasteiger partial charge in [-0.05, 0) is 75.6 Å². The van der Waals surface area contributed by atoms with Crippen molar-refractivity contribution in [3.05, 3.63) is 113 Å². The third-order valence-electron chi connectivity index (χ3n) is 15.2. The normalized spacial score (nSPS) is 32.0. The smallest absolute Gasteiger partial charge is 0.497 e. The highest BCUT2D eigenvalue weighted by Gasteiger charge is 2.78. The van der Waals surface area contributed by atoms with Crippen LogP contribution < -0.4 is 4.74 Å². The van der Waals surface area contributed by atoms with E-state index in [4.69, 9.17) is 77.4 Å². The van der Waals surface area contributed by atoms with E-state index in [1.54, 1.807) is 93.6 Å². The maximum Gasteiger partial charge on any atom is 0.509 e. The van der Waals surface area contributed by atoms with Gasteiger partial charge in [0.1, 0.15) is 47.9 Å². The number of ketones is 1. The Morgan fingerprint density at radius 3 is 2.05 bits per heavy atom. The Kier molecular flexibility index (Phi) is 15.2. The maximum atomic E-state index is 16.0. The Morgan fingerprint density at radius 2 is 1.49 bits per heavy atom. The summed E-state index contributed by atoms with van der Waals surface area (Å²) in [5.74, 6) is -5.03. The molecule has 2 aliphatic heterocycles. The number of halogens is 3. The van der Waals surface area contributed by atoms with Gasteiger partial charge in [0.05, 0.1) is 36.7 Å². The van der Waals surface area contributed by atoms with Crippen molar-refractivity contribution in [3.8, 4) is 5.75 Å². The van der Waals surface area contributed by atoms with Crippen molar-refractivity contribution in [2.24, 2.45) is 16.7 Å². The number of amides is 1. The number of Topliss-reactive ketones (excluding diaryl/α,β-unsaturated/α-hetero) is 1. The molecule has 75 heavy (non-hydrogen) atoms. The number of fused-ring (bicyclic) bond motifs is 5. The van der Waals surface area contributed by atoms with Crippen LogP contribution in [0.15, 0.2) is 96.1 Å². The summed E-state index contributed by atoms with van der Waals surface area (Å²) in [5, 5.41) is 26.4. The fourth-order valence-corrected chi connectivity index (χ4v) is 11.8. The average molecular weight is 1100 g/mol. The number of esters is 3. The molecule has 3 aromatic carbocycles. The van der Waals surface area contributed by atoms with E-state index in [9.17, 15) is 29.4 Å². The number of ether oxygens (including phenoxy) is 9. The molecule has 2 saturated carbocycles. The number of carbonyl (C=O) groups excluding carboxylic acids is 6. The van der Waals surface area contributed by atoms with Crippen molar-refractivity contribution >= 4 is 70.7 Å². The fraction of sp³-hybridized carbons (Fsp3) is 0.519. The van der Waals surface area contributed by atoms with Gasteiger partial charge in [-0.2, -0.15) is 0 Å². The first kappa shape index (κ1) is 55.8. The second-order valence-corrected chi connectivity index (χ2v) is 23.8. The van der Waals surface area contributed by atoms with E-state index in [1.165, 1.54) is 51.8 Å². The Bertz CT molecular complexity index is 2730. The predicted molar refractivity (Wildman–Crippen MR) is 267 cm³/mol. The first-order valence-electron chi connectivity index (χ1n) is 24.3. The SMILES string of the molecule is COc1ccc([C@H]2OC(C(=O)O[C@H]3C[C@@]4(O)[C@@H](OC(=O)c5ccccc5)[C@@H]5[C@]6(OC(C)=O)CO[C@@H]6C[C@H](O)[C@@]5(C)C(=O)[C@H](OC(=O)OCC(Cl)(Cl)Cl)C(=C3C)C4(C)C)[C@H](c3ccccc3)N2C(=O)OC(C)(C)C)cc1. The number of hydrogen-bond acceptors (Lipinski definition) is 17. The molecule has 1 amide bonds. The van der Waals surface area contributed by atoms with Gasteiger partial charge in [0, 0.05) is 30.7 Å². The second kappa shape index (κ2) is 20.5. The number of methoxy groups -OCH3 is 1. The number of rotatable bonds is 10. The van der Waals surface area contributed by atoms with Gasteiger partial charge in [0.2, 0.25) is 3.79 Å². The first-order valence-corrected chi connectivity index (χ1v) is 25.4. The van der Waals surface area contributed by atoms with Crippen molar-refractivity contribution in [3.63, 3.8) is 0 Å². The minimum absolute atomic E-state index is 0.0308. The monoisotopic (exact) mass is 1100 g/mol. The minimum atomic E-state index is -2.51. The Labute approximate surface area is 448 Å². The molecule has 0 aromatic heterocycles. The van der Waals surface area contributed by atoms with E-state index in [-0.39, 0.29) is 29.7 Å². The number of alkyl halides is 3. The first-order chi connectivity index (χ1) is 35.1. The summed E-state index contributed by atoms with van der Waals surface area (Å²) in [6.45, 7) is 10.9. The average Bonchev–Trinajstić information content (AvgIpc) is 3.75. The van der Waals surface area contributed by atoms with Crippen molar-refractivity contribution in [2.45, 2.75) is 138 Å². The lowest BCUT2D eigenvalue weighted by molar-refractivity contribution is -0.346. The van der Waals surface area contributed by atoms with E-state index in [2.05, 4.69) is 0 Å². The molecule has 2 N–H and O–H groups in total. The number of hydrogen-bond donors (Lipinski definition) is 2. The highest BCUT2D eigenvalue weighted by molar-refractivity contribution is 6.67. The zero-order valence-electron chi connectivity index (χ0n) is 42.7. The van der Waals surface area contributed by atoms with E-state index in [0.29, 0.717) is 16.9 Å². The summed E-state index contributed by atoms with van der Waals surface area (Å²) in [4.78, 5) is 88.8. The number of nitrogens with zero attached hydrogens (tertiary/aromatic N) is 1. The van der Waals surface area contributed by atoms with E-state index in [1.807, 2.05) is 0 Å². The Hall–Kier alpha value is -5.47. The fourth-order valence-electron chi connectivity index (χ4n) is 11.6. The standard InChI is InChI=1S/C54H60Cl3NO17/c1-28-34(70-46(63)40-38(30-16-12-10-13-17-30)58(47(64)75-49(3,4)5)44(71-40)31-20-22-33(67-9)23-21-31)25-53(66)43(73-45(62)32-18-14-11-15-19-32)41-51(8,35(60)24-36-52(41,26-68-36)74-29(2)59)42(61)39(37(28)50(53,6)7)72-48(65)69-27-54(55,56)57/h10-23,34-36,38-41,43-44,60,66H,24-27H2,1-9H3/t34-,35-,36+,38-,39+,40?,41-,43-,44+,51+,52-,53+/m0/s1. The Morgan fingerprint density at radius 1 is 0.867 bits per heavy atom. The van der Waals surface area contributed by atoms with E-state index < -0.39 is 135 Å².